The van der Waals surface area contributed by atoms with Crippen molar-refractivity contribution in [3.63, 3.8) is 0 Å². The number of carbonyl (C=O) groups is 1. The molecule has 2 bridgehead atoms. The van der Waals surface area contributed by atoms with Crippen molar-refractivity contribution in [1.29, 1.82) is 0 Å². The van der Waals surface area contributed by atoms with E-state index < -0.39 is 7.12 Å². The Morgan fingerprint density at radius 3 is 2.58 bits per heavy atom. The van der Waals surface area contributed by atoms with Gasteiger partial charge >= 0.3 is 7.12 Å². The van der Waals surface area contributed by atoms with Gasteiger partial charge in [-0.1, -0.05) is 36.9 Å². The molecular formula is C25H34BN3O5S2. The molecule has 1 aromatic carbocycles. The van der Waals surface area contributed by atoms with Crippen LogP contribution in [0.5, 0.6) is 11.5 Å². The molecule has 3 saturated carbocycles. The van der Waals surface area contributed by atoms with E-state index in [1.165, 1.54) is 17.8 Å². The summed E-state index contributed by atoms with van der Waals surface area (Å²) in [5.74, 6) is 2.25. The smallest absolute Gasteiger partial charge is 0.472 e. The van der Waals surface area contributed by atoms with Crippen molar-refractivity contribution in [3.8, 4) is 11.5 Å². The van der Waals surface area contributed by atoms with Crippen molar-refractivity contribution < 1.29 is 23.6 Å². The van der Waals surface area contributed by atoms with Gasteiger partial charge in [-0.3, -0.25) is 4.79 Å². The summed E-state index contributed by atoms with van der Waals surface area (Å²) in [7, 11) is 2.75. The fourth-order valence-corrected chi connectivity index (χ4v) is 8.67. The Morgan fingerprint density at radius 2 is 2.00 bits per heavy atom. The fourth-order valence-electron chi connectivity index (χ4n) is 6.68. The van der Waals surface area contributed by atoms with Gasteiger partial charge in [0.05, 0.1) is 36.6 Å². The zero-order chi connectivity index (χ0) is 26.0. The molecule has 4 aliphatic rings. The molecule has 194 valence electrons. The quantitative estimate of drug-likeness (QED) is 0.297. The first kappa shape index (κ1) is 25.8. The van der Waals surface area contributed by atoms with E-state index in [9.17, 15) is 4.79 Å². The number of Topliss-reactive ketones (excluding diaryl/α,β-unsaturated/α-hetero) is 1. The van der Waals surface area contributed by atoms with Gasteiger partial charge in [0.25, 0.3) is 0 Å². The second-order valence-electron chi connectivity index (χ2n) is 10.9. The summed E-state index contributed by atoms with van der Waals surface area (Å²) in [6, 6.07) is 1.79. The first-order chi connectivity index (χ1) is 17.0. The standard InChI is InChI=1S/C25H34BN3O5S2/c1-12-15(16(31-6)11-17(32-7)21(12)13(2)30)10-20(35-23-29-28-22(27)36-23)26-33-19-9-14-8-18(24(14,3)4)25(19,5)34-26/h11,14,18-20H,8-10H2,1-7H3,(H2,27,28)/t14?,18?,19?,20-,25-/m0/s1. The highest BCUT2D eigenvalue weighted by atomic mass is 32.2. The number of nitrogen functional groups attached to an aromatic ring is 1. The number of ether oxygens (including phenoxy) is 2. The molecule has 2 heterocycles. The Morgan fingerprint density at radius 1 is 1.28 bits per heavy atom. The molecule has 1 aliphatic heterocycles. The molecule has 2 aromatic rings. The van der Waals surface area contributed by atoms with Crippen LogP contribution in [0.4, 0.5) is 5.13 Å². The summed E-state index contributed by atoms with van der Waals surface area (Å²) < 4.78 is 25.5. The molecule has 6 rings (SSSR count). The van der Waals surface area contributed by atoms with Crippen LogP contribution >= 0.6 is 23.1 Å². The summed E-state index contributed by atoms with van der Waals surface area (Å²) in [4.78, 5) is 12.5. The van der Waals surface area contributed by atoms with E-state index >= 15 is 0 Å². The van der Waals surface area contributed by atoms with Gasteiger partial charge in [-0.2, -0.15) is 0 Å². The van der Waals surface area contributed by atoms with Crippen LogP contribution in [0.1, 0.15) is 62.0 Å². The minimum Gasteiger partial charge on any atom is -0.496 e. The molecule has 1 aromatic heterocycles. The van der Waals surface area contributed by atoms with Crippen LogP contribution < -0.4 is 15.2 Å². The number of rotatable bonds is 8. The molecule has 1 saturated heterocycles. The molecule has 8 nitrogen and oxygen atoms in total. The third-order valence-electron chi connectivity index (χ3n) is 8.78. The fraction of sp³-hybridized carbons (Fsp3) is 0.640. The van der Waals surface area contributed by atoms with Crippen LogP contribution in [-0.2, 0) is 15.7 Å². The lowest BCUT2D eigenvalue weighted by Crippen LogP contribution is -2.65. The Balaban J connectivity index is 1.51. The number of benzene rings is 1. The van der Waals surface area contributed by atoms with Crippen molar-refractivity contribution in [1.82, 2.24) is 10.2 Å². The maximum Gasteiger partial charge on any atom is 0.472 e. The average Bonchev–Trinajstić information content (AvgIpc) is 3.40. The second-order valence-corrected chi connectivity index (χ2v) is 13.4. The third-order valence-corrected chi connectivity index (χ3v) is 10.8. The van der Waals surface area contributed by atoms with E-state index in [0.717, 1.165) is 21.9 Å². The van der Waals surface area contributed by atoms with Gasteiger partial charge in [0.15, 0.2) is 10.1 Å². The van der Waals surface area contributed by atoms with Gasteiger partial charge in [0.1, 0.15) is 11.5 Å². The molecule has 2 N–H and O–H groups in total. The van der Waals surface area contributed by atoms with E-state index in [4.69, 9.17) is 24.5 Å². The molecule has 5 atom stereocenters. The van der Waals surface area contributed by atoms with E-state index in [1.807, 2.05) is 6.92 Å². The summed E-state index contributed by atoms with van der Waals surface area (Å²) in [5, 5.41) is 8.52. The number of aromatic nitrogens is 2. The first-order valence-electron chi connectivity index (χ1n) is 12.3. The number of hydrogen-bond donors (Lipinski definition) is 1. The summed E-state index contributed by atoms with van der Waals surface area (Å²) in [6.07, 6.45) is 2.82. The zero-order valence-electron chi connectivity index (χ0n) is 21.9. The monoisotopic (exact) mass is 531 g/mol. The van der Waals surface area contributed by atoms with Gasteiger partial charge in [0, 0.05) is 6.07 Å². The van der Waals surface area contributed by atoms with E-state index in [0.29, 0.717) is 40.5 Å². The zero-order valence-corrected chi connectivity index (χ0v) is 23.5. The van der Waals surface area contributed by atoms with Crippen molar-refractivity contribution in [2.24, 2.45) is 17.3 Å². The Kier molecular flexibility index (Phi) is 6.59. The number of nitrogens with two attached hydrogens (primary N) is 1. The number of carbonyl (C=O) groups excluding carboxylic acids is 1. The first-order valence-corrected chi connectivity index (χ1v) is 14.0. The summed E-state index contributed by atoms with van der Waals surface area (Å²) >= 11 is 2.90. The summed E-state index contributed by atoms with van der Waals surface area (Å²) in [5.41, 5.74) is 8.14. The normalized spacial score (nSPS) is 28.9. The molecule has 11 heteroatoms. The largest absolute Gasteiger partial charge is 0.496 e. The van der Waals surface area contributed by atoms with Crippen LogP contribution in [0.2, 0.25) is 0 Å². The van der Waals surface area contributed by atoms with Crippen molar-refractivity contribution in [2.75, 3.05) is 20.0 Å². The van der Waals surface area contributed by atoms with Crippen LogP contribution in [0.15, 0.2) is 10.4 Å². The molecule has 0 spiro atoms. The van der Waals surface area contributed by atoms with E-state index in [2.05, 4.69) is 31.0 Å². The topological polar surface area (TPSA) is 106 Å². The molecular weight excluding hydrogens is 497 g/mol. The molecule has 36 heavy (non-hydrogen) atoms. The summed E-state index contributed by atoms with van der Waals surface area (Å²) in [6.45, 7) is 10.4. The van der Waals surface area contributed by atoms with Crippen LogP contribution in [0.25, 0.3) is 0 Å². The second kappa shape index (κ2) is 9.18. The predicted molar refractivity (Wildman–Crippen MR) is 142 cm³/mol. The van der Waals surface area contributed by atoms with Gasteiger partial charge in [-0.15, -0.1) is 10.2 Å². The lowest BCUT2D eigenvalue weighted by atomic mass is 9.43. The van der Waals surface area contributed by atoms with Crippen molar-refractivity contribution in [2.45, 2.75) is 75.1 Å². The highest BCUT2D eigenvalue weighted by molar-refractivity contribution is 8.02. The molecule has 3 aliphatic carbocycles. The number of thioether (sulfide) groups is 1. The minimum atomic E-state index is -0.447. The van der Waals surface area contributed by atoms with Crippen LogP contribution in [0.3, 0.4) is 0 Å². The van der Waals surface area contributed by atoms with Gasteiger partial charge < -0.3 is 24.5 Å². The third kappa shape index (κ3) is 4.02. The minimum absolute atomic E-state index is 0.0525. The van der Waals surface area contributed by atoms with Crippen LogP contribution in [0, 0.1) is 24.2 Å². The SMILES string of the molecule is COc1cc(OC)c(C(C)=O)c(C)c1C[C@H](Sc1nnc(N)s1)B1OC2CC3CC(C3(C)C)[C@]2(C)O1. The number of anilines is 1. The predicted octanol–water partition coefficient (Wildman–Crippen LogP) is 4.62. The van der Waals surface area contributed by atoms with E-state index in [-0.39, 0.29) is 28.1 Å². The molecule has 0 radical (unpaired) electrons. The van der Waals surface area contributed by atoms with Gasteiger partial charge in [-0.25, -0.2) is 0 Å². The van der Waals surface area contributed by atoms with Gasteiger partial charge in [0.2, 0.25) is 5.13 Å². The Labute approximate surface area is 221 Å². The Bertz CT molecular complexity index is 1190. The maximum absolute atomic E-state index is 12.5. The van der Waals surface area contributed by atoms with Crippen molar-refractivity contribution >= 4 is 41.1 Å². The number of nitrogens with zero attached hydrogens (tertiary/aromatic N) is 2. The molecule has 3 unspecified atom stereocenters. The average molecular weight is 532 g/mol. The number of hydrogen-bond acceptors (Lipinski definition) is 10. The Hall–Kier alpha value is -1.82. The lowest BCUT2D eigenvalue weighted by Gasteiger charge is -2.64. The highest BCUT2D eigenvalue weighted by Gasteiger charge is 2.68. The number of methoxy groups -OCH3 is 2. The highest BCUT2D eigenvalue weighted by Crippen LogP contribution is 2.66. The number of ketones is 1. The van der Waals surface area contributed by atoms with Crippen molar-refractivity contribution in [3.05, 3.63) is 22.8 Å². The maximum atomic E-state index is 12.5. The van der Waals surface area contributed by atoms with Gasteiger partial charge in [-0.05, 0) is 68.4 Å². The van der Waals surface area contributed by atoms with E-state index in [1.54, 1.807) is 39.0 Å². The lowest BCUT2D eigenvalue weighted by molar-refractivity contribution is -0.199. The van der Waals surface area contributed by atoms with Crippen LogP contribution in [-0.4, -0.2) is 54.2 Å². The molecule has 4 fully saturated rings. The molecule has 0 amide bonds.